The minimum absolute atomic E-state index is 0.0688. The number of nitrogens with zero attached hydrogens (tertiary/aromatic N) is 3. The second-order valence-electron chi connectivity index (χ2n) is 8.27. The standard InChI is InChI=1S/C22H31N3O2S/c1-3-19-21(27)25(22(28-19)18-6-4-16(2)5-7-18)15-12-23-10-13-24(14-11-23)20(26)17-8-9-17/h4-7,17,19,22H,3,8-15H2,1-2H3/t19-,22-/m1/s1. The van der Waals surface area contributed by atoms with E-state index in [1.807, 2.05) is 4.90 Å². The van der Waals surface area contributed by atoms with Crippen LogP contribution in [-0.4, -0.2) is 71.0 Å². The third kappa shape index (κ3) is 4.23. The second-order valence-corrected chi connectivity index (χ2v) is 9.56. The van der Waals surface area contributed by atoms with Gasteiger partial charge in [0.2, 0.25) is 11.8 Å². The Morgan fingerprint density at radius 2 is 1.75 bits per heavy atom. The molecule has 4 rings (SSSR count). The summed E-state index contributed by atoms with van der Waals surface area (Å²) in [4.78, 5) is 31.7. The number of benzene rings is 1. The molecule has 0 aromatic heterocycles. The first-order valence-electron chi connectivity index (χ1n) is 10.6. The normalized spacial score (nSPS) is 26.1. The molecule has 2 atom stereocenters. The van der Waals surface area contributed by atoms with Crippen LogP contribution in [0.2, 0.25) is 0 Å². The molecule has 2 aliphatic heterocycles. The maximum atomic E-state index is 12.9. The van der Waals surface area contributed by atoms with E-state index in [1.54, 1.807) is 11.8 Å². The summed E-state index contributed by atoms with van der Waals surface area (Å²) in [6.45, 7) is 9.33. The van der Waals surface area contributed by atoms with Gasteiger partial charge in [-0.2, -0.15) is 0 Å². The molecule has 1 saturated carbocycles. The number of piperazine rings is 1. The SMILES string of the molecule is CC[C@H]1S[C@H](c2ccc(C)cc2)N(CCN2CCN(C(=O)C3CC3)CC2)C1=O. The summed E-state index contributed by atoms with van der Waals surface area (Å²) in [5.74, 6) is 0.948. The van der Waals surface area contributed by atoms with Crippen LogP contribution < -0.4 is 0 Å². The number of carbonyl (C=O) groups excluding carboxylic acids is 2. The Balaban J connectivity index is 1.34. The zero-order valence-electron chi connectivity index (χ0n) is 17.0. The molecule has 2 heterocycles. The van der Waals surface area contributed by atoms with Gasteiger partial charge in [0.05, 0.1) is 5.25 Å². The van der Waals surface area contributed by atoms with Gasteiger partial charge in [0, 0.05) is 45.2 Å². The van der Waals surface area contributed by atoms with E-state index in [4.69, 9.17) is 0 Å². The van der Waals surface area contributed by atoms with Crippen molar-refractivity contribution in [3.8, 4) is 0 Å². The number of amides is 2. The van der Waals surface area contributed by atoms with Gasteiger partial charge in [0.15, 0.2) is 0 Å². The lowest BCUT2D eigenvalue weighted by Crippen LogP contribution is -2.51. The molecule has 0 N–H and O–H groups in total. The molecule has 2 amide bonds. The van der Waals surface area contributed by atoms with Crippen LogP contribution in [0, 0.1) is 12.8 Å². The Morgan fingerprint density at radius 3 is 2.36 bits per heavy atom. The highest BCUT2D eigenvalue weighted by molar-refractivity contribution is 8.01. The molecule has 1 aromatic carbocycles. The maximum absolute atomic E-state index is 12.9. The molecular formula is C22H31N3O2S. The zero-order valence-corrected chi connectivity index (χ0v) is 17.8. The van der Waals surface area contributed by atoms with Crippen LogP contribution in [-0.2, 0) is 9.59 Å². The van der Waals surface area contributed by atoms with Crippen LogP contribution >= 0.6 is 11.8 Å². The molecule has 0 bridgehead atoms. The van der Waals surface area contributed by atoms with E-state index in [0.29, 0.717) is 11.8 Å². The van der Waals surface area contributed by atoms with Gasteiger partial charge >= 0.3 is 0 Å². The van der Waals surface area contributed by atoms with Crippen molar-refractivity contribution in [1.82, 2.24) is 14.7 Å². The molecule has 5 nitrogen and oxygen atoms in total. The highest BCUT2D eigenvalue weighted by Crippen LogP contribution is 2.44. The van der Waals surface area contributed by atoms with Crippen LogP contribution in [0.1, 0.15) is 42.7 Å². The predicted octanol–water partition coefficient (Wildman–Crippen LogP) is 2.90. The third-order valence-electron chi connectivity index (χ3n) is 6.14. The topological polar surface area (TPSA) is 43.9 Å². The smallest absolute Gasteiger partial charge is 0.236 e. The summed E-state index contributed by atoms with van der Waals surface area (Å²) in [5.41, 5.74) is 2.47. The average molecular weight is 402 g/mol. The molecule has 3 aliphatic rings. The fraction of sp³-hybridized carbons (Fsp3) is 0.636. The van der Waals surface area contributed by atoms with Crippen molar-refractivity contribution in [2.75, 3.05) is 39.3 Å². The average Bonchev–Trinajstić information content (AvgIpc) is 3.51. The van der Waals surface area contributed by atoms with Gasteiger partial charge in [-0.05, 0) is 31.7 Å². The maximum Gasteiger partial charge on any atom is 0.236 e. The van der Waals surface area contributed by atoms with Crippen molar-refractivity contribution >= 4 is 23.6 Å². The van der Waals surface area contributed by atoms with E-state index in [9.17, 15) is 9.59 Å². The van der Waals surface area contributed by atoms with Gasteiger partial charge in [0.25, 0.3) is 0 Å². The van der Waals surface area contributed by atoms with E-state index in [0.717, 1.165) is 58.5 Å². The lowest BCUT2D eigenvalue weighted by molar-refractivity contribution is -0.134. The predicted molar refractivity (Wildman–Crippen MR) is 113 cm³/mol. The summed E-state index contributed by atoms with van der Waals surface area (Å²) >= 11 is 1.79. The Bertz CT molecular complexity index is 711. The third-order valence-corrected chi connectivity index (χ3v) is 7.78. The van der Waals surface area contributed by atoms with E-state index in [2.05, 4.69) is 47.9 Å². The zero-order chi connectivity index (χ0) is 19.7. The van der Waals surface area contributed by atoms with Crippen molar-refractivity contribution in [3.05, 3.63) is 35.4 Å². The molecule has 152 valence electrons. The Kier molecular flexibility index (Phi) is 5.97. The number of hydrogen-bond acceptors (Lipinski definition) is 4. The van der Waals surface area contributed by atoms with Gasteiger partial charge in [-0.15, -0.1) is 11.8 Å². The number of carbonyl (C=O) groups is 2. The van der Waals surface area contributed by atoms with Gasteiger partial charge < -0.3 is 9.80 Å². The number of rotatable bonds is 6. The number of aryl methyl sites for hydroxylation is 1. The molecular weight excluding hydrogens is 370 g/mol. The molecule has 1 aromatic rings. The minimum Gasteiger partial charge on any atom is -0.340 e. The molecule has 0 unspecified atom stereocenters. The van der Waals surface area contributed by atoms with Crippen molar-refractivity contribution in [2.24, 2.45) is 5.92 Å². The summed E-state index contributed by atoms with van der Waals surface area (Å²) in [5, 5.41) is 0.190. The fourth-order valence-corrected chi connectivity index (χ4v) is 5.53. The van der Waals surface area contributed by atoms with Gasteiger partial charge in [-0.25, -0.2) is 0 Å². The molecule has 6 heteroatoms. The van der Waals surface area contributed by atoms with Gasteiger partial charge in [0.1, 0.15) is 5.37 Å². The van der Waals surface area contributed by atoms with E-state index >= 15 is 0 Å². The Hall–Kier alpha value is -1.53. The highest BCUT2D eigenvalue weighted by Gasteiger charge is 2.40. The van der Waals surface area contributed by atoms with Crippen LogP contribution in [0.15, 0.2) is 24.3 Å². The first-order chi connectivity index (χ1) is 13.6. The second kappa shape index (κ2) is 8.46. The largest absolute Gasteiger partial charge is 0.340 e. The summed E-state index contributed by atoms with van der Waals surface area (Å²) in [6.07, 6.45) is 3.03. The van der Waals surface area contributed by atoms with Gasteiger partial charge in [-0.1, -0.05) is 36.8 Å². The molecule has 2 saturated heterocycles. The van der Waals surface area contributed by atoms with Crippen LogP contribution in [0.3, 0.4) is 0 Å². The summed E-state index contributed by atoms with van der Waals surface area (Å²) < 4.78 is 0. The lowest BCUT2D eigenvalue weighted by atomic mass is 10.1. The molecule has 28 heavy (non-hydrogen) atoms. The first kappa shape index (κ1) is 19.8. The first-order valence-corrected chi connectivity index (χ1v) is 11.5. The lowest BCUT2D eigenvalue weighted by Gasteiger charge is -2.36. The van der Waals surface area contributed by atoms with E-state index in [-0.39, 0.29) is 16.5 Å². The number of thioether (sulfide) groups is 1. The minimum atomic E-state index is 0.0688. The van der Waals surface area contributed by atoms with Crippen molar-refractivity contribution in [2.45, 2.75) is 43.7 Å². The van der Waals surface area contributed by atoms with Crippen molar-refractivity contribution in [1.29, 1.82) is 0 Å². The Labute approximate surface area is 172 Å². The number of hydrogen-bond donors (Lipinski definition) is 0. The van der Waals surface area contributed by atoms with Crippen LogP contribution in [0.4, 0.5) is 0 Å². The van der Waals surface area contributed by atoms with Gasteiger partial charge in [-0.3, -0.25) is 14.5 Å². The van der Waals surface area contributed by atoms with Crippen molar-refractivity contribution in [3.63, 3.8) is 0 Å². The van der Waals surface area contributed by atoms with Crippen LogP contribution in [0.5, 0.6) is 0 Å². The van der Waals surface area contributed by atoms with Crippen LogP contribution in [0.25, 0.3) is 0 Å². The highest BCUT2D eigenvalue weighted by atomic mass is 32.2. The Morgan fingerprint density at radius 1 is 1.07 bits per heavy atom. The van der Waals surface area contributed by atoms with E-state index < -0.39 is 0 Å². The summed E-state index contributed by atoms with van der Waals surface area (Å²) in [7, 11) is 0. The molecule has 0 spiro atoms. The molecule has 3 fully saturated rings. The molecule has 0 radical (unpaired) electrons. The molecule has 1 aliphatic carbocycles. The van der Waals surface area contributed by atoms with E-state index in [1.165, 1.54) is 11.1 Å². The summed E-state index contributed by atoms with van der Waals surface area (Å²) in [6, 6.07) is 8.59. The monoisotopic (exact) mass is 401 g/mol. The fourth-order valence-electron chi connectivity index (χ4n) is 4.11. The quantitative estimate of drug-likeness (QED) is 0.735. The van der Waals surface area contributed by atoms with Crippen molar-refractivity contribution < 1.29 is 9.59 Å².